The van der Waals surface area contributed by atoms with Gasteiger partial charge in [0.15, 0.2) is 11.5 Å². The van der Waals surface area contributed by atoms with Gasteiger partial charge in [-0.25, -0.2) is 8.78 Å². The van der Waals surface area contributed by atoms with Gasteiger partial charge in [-0.05, 0) is 30.3 Å². The third-order valence-electron chi connectivity index (χ3n) is 4.04. The molecule has 2 heterocycles. The van der Waals surface area contributed by atoms with E-state index in [1.165, 1.54) is 4.57 Å². The van der Waals surface area contributed by atoms with Crippen molar-refractivity contribution in [1.29, 1.82) is 0 Å². The van der Waals surface area contributed by atoms with Crippen LogP contribution >= 0.6 is 23.4 Å². The topological polar surface area (TPSA) is 49.9 Å². The van der Waals surface area contributed by atoms with Crippen molar-refractivity contribution in [3.8, 4) is 5.88 Å². The van der Waals surface area contributed by atoms with Crippen molar-refractivity contribution in [3.05, 3.63) is 53.1 Å². The highest BCUT2D eigenvalue weighted by atomic mass is 35.5. The van der Waals surface area contributed by atoms with Crippen molar-refractivity contribution >= 4 is 45.6 Å². The molecule has 0 aliphatic carbocycles. The van der Waals surface area contributed by atoms with Gasteiger partial charge in [0.2, 0.25) is 5.88 Å². The number of aromatic nitrogens is 1. The zero-order chi connectivity index (χ0) is 17.6. The number of halogens is 3. The summed E-state index contributed by atoms with van der Waals surface area (Å²) in [6.07, 6.45) is 0. The molecule has 0 atom stereocenters. The molecule has 25 heavy (non-hydrogen) atoms. The molecule has 1 saturated heterocycles. The number of thioether (sulfide) groups is 1. The summed E-state index contributed by atoms with van der Waals surface area (Å²) >= 11 is 7.52. The SMILES string of the molecule is Oc1c(N=Nc2ccc(Cl)cc2)c2cc(F)cc(F)c2n1C1CSC1. The Morgan fingerprint density at radius 3 is 2.48 bits per heavy atom. The lowest BCUT2D eigenvalue weighted by Crippen LogP contribution is -2.22. The predicted molar refractivity (Wildman–Crippen MR) is 95.5 cm³/mol. The zero-order valence-electron chi connectivity index (χ0n) is 12.8. The zero-order valence-corrected chi connectivity index (χ0v) is 14.4. The fourth-order valence-corrected chi connectivity index (χ4v) is 3.64. The highest BCUT2D eigenvalue weighted by Gasteiger charge is 2.29. The maximum atomic E-state index is 14.4. The average molecular weight is 380 g/mol. The Balaban J connectivity index is 1.87. The first-order valence-corrected chi connectivity index (χ1v) is 9.05. The van der Waals surface area contributed by atoms with Gasteiger partial charge in [0, 0.05) is 28.0 Å². The van der Waals surface area contributed by atoms with Crippen LogP contribution in [0.5, 0.6) is 5.88 Å². The smallest absolute Gasteiger partial charge is 0.221 e. The quantitative estimate of drug-likeness (QED) is 0.569. The molecule has 0 bridgehead atoms. The van der Waals surface area contributed by atoms with Crippen LogP contribution in [-0.2, 0) is 0 Å². The lowest BCUT2D eigenvalue weighted by atomic mass is 10.2. The maximum Gasteiger partial charge on any atom is 0.221 e. The Morgan fingerprint density at radius 1 is 1.12 bits per heavy atom. The van der Waals surface area contributed by atoms with E-state index >= 15 is 0 Å². The van der Waals surface area contributed by atoms with Crippen molar-refractivity contribution in [2.75, 3.05) is 11.5 Å². The molecule has 4 nitrogen and oxygen atoms in total. The summed E-state index contributed by atoms with van der Waals surface area (Å²) in [4.78, 5) is 0. The van der Waals surface area contributed by atoms with Gasteiger partial charge < -0.3 is 9.67 Å². The molecule has 1 aliphatic heterocycles. The maximum absolute atomic E-state index is 14.4. The molecule has 3 aromatic rings. The van der Waals surface area contributed by atoms with E-state index in [0.717, 1.165) is 23.6 Å². The van der Waals surface area contributed by atoms with Gasteiger partial charge in [-0.3, -0.25) is 0 Å². The van der Waals surface area contributed by atoms with Gasteiger partial charge in [-0.15, -0.1) is 5.11 Å². The number of hydrogen-bond donors (Lipinski definition) is 1. The van der Waals surface area contributed by atoms with Gasteiger partial charge in [0.05, 0.1) is 17.2 Å². The molecule has 0 radical (unpaired) electrons. The first-order chi connectivity index (χ1) is 12.0. The van der Waals surface area contributed by atoms with Gasteiger partial charge in [0.1, 0.15) is 5.82 Å². The predicted octanol–water partition coefficient (Wildman–Crippen LogP) is 5.98. The first-order valence-electron chi connectivity index (χ1n) is 7.51. The van der Waals surface area contributed by atoms with Crippen LogP contribution in [-0.4, -0.2) is 21.2 Å². The lowest BCUT2D eigenvalue weighted by molar-refractivity contribution is 0.404. The monoisotopic (exact) mass is 379 g/mol. The Kier molecular flexibility index (Phi) is 4.13. The summed E-state index contributed by atoms with van der Waals surface area (Å²) in [5.41, 5.74) is 0.718. The minimum Gasteiger partial charge on any atom is -0.493 e. The molecule has 4 rings (SSSR count). The molecule has 0 amide bonds. The number of rotatable bonds is 3. The molecule has 0 saturated carbocycles. The second-order valence-electron chi connectivity index (χ2n) is 5.69. The van der Waals surface area contributed by atoms with Crippen molar-refractivity contribution in [2.45, 2.75) is 6.04 Å². The van der Waals surface area contributed by atoms with Gasteiger partial charge >= 0.3 is 0 Å². The Labute approximate surface area is 151 Å². The minimum atomic E-state index is -0.729. The van der Waals surface area contributed by atoms with Crippen LogP contribution in [0.25, 0.3) is 10.9 Å². The van der Waals surface area contributed by atoms with E-state index < -0.39 is 11.6 Å². The van der Waals surface area contributed by atoms with Crippen LogP contribution < -0.4 is 0 Å². The Bertz CT molecular complexity index is 984. The molecule has 1 aliphatic rings. The van der Waals surface area contributed by atoms with Crippen LogP contribution in [0.1, 0.15) is 6.04 Å². The molecular formula is C17H12ClF2N3OS. The van der Waals surface area contributed by atoms with Crippen LogP contribution in [0.3, 0.4) is 0 Å². The summed E-state index contributed by atoms with van der Waals surface area (Å²) < 4.78 is 29.5. The summed E-state index contributed by atoms with van der Waals surface area (Å²) in [7, 11) is 0. The highest BCUT2D eigenvalue weighted by molar-refractivity contribution is 8.00. The van der Waals surface area contributed by atoms with Crippen LogP contribution in [0.15, 0.2) is 46.6 Å². The summed E-state index contributed by atoms with van der Waals surface area (Å²) in [5, 5.41) is 19.4. The number of aromatic hydroxyl groups is 1. The van der Waals surface area contributed by atoms with Crippen LogP contribution in [0.2, 0.25) is 5.02 Å². The first kappa shape index (κ1) is 16.4. The van der Waals surface area contributed by atoms with Crippen molar-refractivity contribution in [2.24, 2.45) is 10.2 Å². The van der Waals surface area contributed by atoms with E-state index in [4.69, 9.17) is 11.6 Å². The van der Waals surface area contributed by atoms with Crippen molar-refractivity contribution < 1.29 is 13.9 Å². The fraction of sp³-hybridized carbons (Fsp3) is 0.176. The second-order valence-corrected chi connectivity index (χ2v) is 7.21. The van der Waals surface area contributed by atoms with Crippen LogP contribution in [0.4, 0.5) is 20.2 Å². The molecular weight excluding hydrogens is 368 g/mol. The average Bonchev–Trinajstić information content (AvgIpc) is 2.78. The number of hydrogen-bond acceptors (Lipinski definition) is 4. The Hall–Kier alpha value is -2.12. The lowest BCUT2D eigenvalue weighted by Gasteiger charge is -2.27. The van der Waals surface area contributed by atoms with Crippen LogP contribution in [0, 0.1) is 11.6 Å². The third kappa shape index (κ3) is 2.87. The third-order valence-corrected chi connectivity index (χ3v) is 5.53. The van der Waals surface area contributed by atoms with E-state index in [9.17, 15) is 13.9 Å². The summed E-state index contributed by atoms with van der Waals surface area (Å²) in [6.45, 7) is 0. The van der Waals surface area contributed by atoms with E-state index in [2.05, 4.69) is 10.2 Å². The van der Waals surface area contributed by atoms with E-state index in [1.54, 1.807) is 36.0 Å². The highest BCUT2D eigenvalue weighted by Crippen LogP contribution is 2.45. The largest absolute Gasteiger partial charge is 0.493 e. The fourth-order valence-electron chi connectivity index (χ4n) is 2.77. The number of fused-ring (bicyclic) bond motifs is 1. The van der Waals surface area contributed by atoms with Gasteiger partial charge in [-0.1, -0.05) is 11.6 Å². The molecule has 0 spiro atoms. The standard InChI is InChI=1S/C17H12ClF2N3OS/c18-9-1-3-11(4-2-9)21-22-15-13-5-10(19)6-14(20)16(13)23(17(15)24)12-7-25-8-12/h1-6,12,24H,7-8H2. The Morgan fingerprint density at radius 2 is 1.84 bits per heavy atom. The normalized spacial score (nSPS) is 15.2. The molecule has 8 heteroatoms. The molecule has 1 aromatic heterocycles. The number of nitrogens with zero attached hydrogens (tertiary/aromatic N) is 3. The van der Waals surface area contributed by atoms with E-state index in [1.807, 2.05) is 0 Å². The van der Waals surface area contributed by atoms with Gasteiger partial charge in [-0.2, -0.15) is 16.9 Å². The number of azo groups is 1. The second kappa shape index (κ2) is 6.31. The number of benzene rings is 2. The van der Waals surface area contributed by atoms with Crippen molar-refractivity contribution in [1.82, 2.24) is 4.57 Å². The molecule has 2 aromatic carbocycles. The van der Waals surface area contributed by atoms with E-state index in [0.29, 0.717) is 10.7 Å². The molecule has 128 valence electrons. The molecule has 1 N–H and O–H groups in total. The van der Waals surface area contributed by atoms with E-state index in [-0.39, 0.29) is 28.5 Å². The molecule has 1 fully saturated rings. The van der Waals surface area contributed by atoms with Crippen molar-refractivity contribution in [3.63, 3.8) is 0 Å². The molecule has 0 unspecified atom stereocenters. The summed E-state index contributed by atoms with van der Waals surface area (Å²) in [5.74, 6) is -0.158. The summed E-state index contributed by atoms with van der Waals surface area (Å²) in [6, 6.07) is 8.55. The van der Waals surface area contributed by atoms with Gasteiger partial charge in [0.25, 0.3) is 0 Å². The minimum absolute atomic E-state index is 0.0491.